The first-order valence-electron chi connectivity index (χ1n) is 26.3. The number of likely N-dealkylation sites (tertiary alicyclic amines) is 1. The van der Waals surface area contributed by atoms with Crippen LogP contribution in [0.4, 0.5) is 5.69 Å². The second kappa shape index (κ2) is 24.3. The van der Waals surface area contributed by atoms with Crippen LogP contribution in [0.2, 0.25) is 0 Å². The molecule has 0 aliphatic carbocycles. The van der Waals surface area contributed by atoms with E-state index in [9.17, 15) is 32.7 Å². The number of hydrogen-bond acceptors (Lipinski definition) is 15. The molecule has 20 heteroatoms. The van der Waals surface area contributed by atoms with Gasteiger partial charge in [-0.15, -0.1) is 11.3 Å². The zero-order chi connectivity index (χ0) is 54.3. The van der Waals surface area contributed by atoms with E-state index < -0.39 is 50.5 Å². The number of sulfone groups is 1. The van der Waals surface area contributed by atoms with Crippen LogP contribution in [0.5, 0.6) is 5.75 Å². The van der Waals surface area contributed by atoms with Gasteiger partial charge in [0.1, 0.15) is 35.8 Å². The van der Waals surface area contributed by atoms with Gasteiger partial charge in [0.25, 0.3) is 0 Å². The van der Waals surface area contributed by atoms with Gasteiger partial charge in [0, 0.05) is 108 Å². The van der Waals surface area contributed by atoms with Gasteiger partial charge >= 0.3 is 0 Å². The number of aliphatic hydroxyl groups is 1. The normalized spacial score (nSPS) is 18.2. The predicted octanol–water partition coefficient (Wildman–Crippen LogP) is 5.38. The van der Waals surface area contributed by atoms with E-state index in [0.29, 0.717) is 47.7 Å². The van der Waals surface area contributed by atoms with Crippen LogP contribution in [-0.4, -0.2) is 154 Å². The molecule has 5 heterocycles. The summed E-state index contributed by atoms with van der Waals surface area (Å²) in [6.07, 6.45) is 3.19. The highest BCUT2D eigenvalue weighted by Crippen LogP contribution is 2.32. The minimum absolute atomic E-state index is 0.00818. The summed E-state index contributed by atoms with van der Waals surface area (Å²) in [7, 11) is -1.83. The van der Waals surface area contributed by atoms with E-state index in [4.69, 9.17) is 9.72 Å². The van der Waals surface area contributed by atoms with Crippen molar-refractivity contribution >= 4 is 50.5 Å². The quantitative estimate of drug-likeness (QED) is 0.100. The topological polar surface area (TPSA) is 220 Å². The molecule has 3 saturated heterocycles. The van der Waals surface area contributed by atoms with Crippen molar-refractivity contribution in [1.29, 1.82) is 0 Å². The zero-order valence-corrected chi connectivity index (χ0v) is 46.3. The average molecular weight is 1080 g/mol. The number of aromatic nitrogens is 4. The minimum atomic E-state index is -3.49. The molecule has 5 aromatic rings. The zero-order valence-electron chi connectivity index (χ0n) is 44.7. The van der Waals surface area contributed by atoms with Crippen LogP contribution in [0, 0.1) is 12.3 Å². The molecule has 2 aromatic heterocycles. The molecule has 4 amide bonds. The summed E-state index contributed by atoms with van der Waals surface area (Å²) >= 11 is 1.57. The lowest BCUT2D eigenvalue weighted by molar-refractivity contribution is -0.144. The Balaban J connectivity index is 0.773. The predicted molar refractivity (Wildman–Crippen MR) is 291 cm³/mol. The van der Waals surface area contributed by atoms with Gasteiger partial charge in [0.15, 0.2) is 9.84 Å². The van der Waals surface area contributed by atoms with E-state index in [1.165, 1.54) is 11.2 Å². The van der Waals surface area contributed by atoms with Crippen LogP contribution in [0.15, 0.2) is 83.5 Å². The van der Waals surface area contributed by atoms with Crippen LogP contribution in [0.1, 0.15) is 101 Å². The van der Waals surface area contributed by atoms with Gasteiger partial charge in [-0.05, 0) is 67.9 Å². The summed E-state index contributed by atoms with van der Waals surface area (Å²) in [5.74, 6) is 0.415. The Morgan fingerprint density at radius 3 is 2.20 bits per heavy atom. The average Bonchev–Trinajstić information content (AvgIpc) is 4.04. The Hall–Kier alpha value is -6.35. The summed E-state index contributed by atoms with van der Waals surface area (Å²) in [5, 5.41) is 15.9. The van der Waals surface area contributed by atoms with E-state index in [1.54, 1.807) is 50.5 Å². The molecule has 8 rings (SSSR count). The van der Waals surface area contributed by atoms with Crippen LogP contribution in [-0.2, 0) is 48.4 Å². The number of carbonyl (C=O) groups excluding carboxylic acids is 4. The number of carbonyl (C=O) groups is 4. The molecule has 3 aliphatic heterocycles. The largest absolute Gasteiger partial charge is 0.496 e. The van der Waals surface area contributed by atoms with Crippen LogP contribution >= 0.6 is 11.3 Å². The number of nitrogens with zero attached hydrogens (tertiary/aromatic N) is 8. The SMILES string of the molecule is COc1cc(N2CCC(N3CCN(C(=O)CCC(=O)N[C@H](C(=O)N4C[C@H](O)C[C@H]4C(=O)NCc4ccc(-c5scnc5C)cc4)C(C)(C)C)CC3)CC2)ccc1Cc1ncnc(Cc2ccccc2S(=O)(=O)C(C)C)n1. The molecule has 0 bridgehead atoms. The van der Waals surface area contributed by atoms with E-state index in [1.807, 2.05) is 74.5 Å². The van der Waals surface area contributed by atoms with Crippen LogP contribution in [0.3, 0.4) is 0 Å². The molecule has 0 spiro atoms. The van der Waals surface area contributed by atoms with Gasteiger partial charge in [0.05, 0.1) is 39.4 Å². The second-order valence-corrected chi connectivity index (χ2v) is 24.8. The molecule has 0 radical (unpaired) electrons. The Labute approximate surface area is 450 Å². The number of aryl methyl sites for hydroxylation is 1. The lowest BCUT2D eigenvalue weighted by Crippen LogP contribution is -2.57. The van der Waals surface area contributed by atoms with Crippen LogP contribution in [0.25, 0.3) is 10.4 Å². The molecule has 76 heavy (non-hydrogen) atoms. The van der Waals surface area contributed by atoms with Crippen molar-refractivity contribution < 1.29 is 37.4 Å². The van der Waals surface area contributed by atoms with Crippen molar-refractivity contribution in [3.63, 3.8) is 0 Å². The van der Waals surface area contributed by atoms with Crippen molar-refractivity contribution in [2.45, 2.75) is 127 Å². The number of nitrogens with one attached hydrogen (secondary N) is 2. The maximum absolute atomic E-state index is 14.2. The highest BCUT2D eigenvalue weighted by molar-refractivity contribution is 7.92. The summed E-state index contributed by atoms with van der Waals surface area (Å²) in [6.45, 7) is 15.4. The fraction of sp³-hybridized carbons (Fsp3) is 0.500. The van der Waals surface area contributed by atoms with Gasteiger partial charge < -0.3 is 35.2 Å². The summed E-state index contributed by atoms with van der Waals surface area (Å²) in [6, 6.07) is 19.5. The molecule has 0 unspecified atom stereocenters. The van der Waals surface area contributed by atoms with E-state index in [2.05, 4.69) is 47.5 Å². The molecule has 3 atom stereocenters. The minimum Gasteiger partial charge on any atom is -0.496 e. The van der Waals surface area contributed by atoms with Gasteiger partial charge in [0.2, 0.25) is 23.6 Å². The van der Waals surface area contributed by atoms with E-state index in [-0.39, 0.29) is 50.6 Å². The number of benzene rings is 3. The van der Waals surface area contributed by atoms with E-state index >= 15 is 0 Å². The standard InChI is InChI=1S/C56H72N10O8S2/c1-36(2)76(72,73)47-11-9-8-10-41(47)29-49-59-34-58-48(61-49)28-40-16-17-43(30-46(40)74-7)63-22-20-42(21-23-63)64-24-26-65(27-25-64)51(69)19-18-50(68)62-53(56(4,5)6)55(71)66-33-44(67)31-45(66)54(70)57-32-38-12-14-39(15-13-38)52-37(3)60-35-75-52/h8-17,30,34-36,42,44-45,53,67H,18-29,31-33H2,1-7H3,(H,57,70)(H,62,68)/t44-,45+,53-/m1/s1. The first-order valence-corrected chi connectivity index (χ1v) is 28.7. The summed E-state index contributed by atoms with van der Waals surface area (Å²) in [5.41, 5.74) is 6.61. The Morgan fingerprint density at radius 2 is 1.55 bits per heavy atom. The summed E-state index contributed by atoms with van der Waals surface area (Å²) in [4.78, 5) is 81.9. The number of β-amino-alcohol motifs (C(OH)–C–C–N with tert-alkyl or cyclic N) is 1. The number of rotatable bonds is 18. The first-order chi connectivity index (χ1) is 36.3. The number of piperazine rings is 1. The number of piperidine rings is 1. The van der Waals surface area contributed by atoms with Gasteiger partial charge in [-0.3, -0.25) is 24.1 Å². The van der Waals surface area contributed by atoms with Gasteiger partial charge in [-0.2, -0.15) is 0 Å². The molecule has 0 saturated carbocycles. The number of thiazole rings is 1. The van der Waals surface area contributed by atoms with Crippen molar-refractivity contribution in [1.82, 2.24) is 45.3 Å². The third-order valence-electron chi connectivity index (χ3n) is 14.8. The smallest absolute Gasteiger partial charge is 0.246 e. The fourth-order valence-electron chi connectivity index (χ4n) is 10.4. The van der Waals surface area contributed by atoms with Crippen molar-refractivity contribution in [3.8, 4) is 16.2 Å². The third-order valence-corrected chi connectivity index (χ3v) is 18.1. The number of amides is 4. The molecule has 406 valence electrons. The Bertz CT molecular complexity index is 2970. The number of aliphatic hydroxyl groups excluding tert-OH is 1. The molecule has 18 nitrogen and oxygen atoms in total. The number of methoxy groups -OCH3 is 1. The molecular formula is C56H72N10O8S2. The van der Waals surface area contributed by atoms with Crippen molar-refractivity contribution in [2.75, 3.05) is 57.8 Å². The fourth-order valence-corrected chi connectivity index (χ4v) is 12.4. The lowest BCUT2D eigenvalue weighted by Gasteiger charge is -2.43. The molecular weight excluding hydrogens is 1000 g/mol. The van der Waals surface area contributed by atoms with Gasteiger partial charge in [-0.1, -0.05) is 69.3 Å². The molecule has 3 N–H and O–H groups in total. The molecule has 3 fully saturated rings. The maximum Gasteiger partial charge on any atom is 0.246 e. The van der Waals surface area contributed by atoms with Crippen LogP contribution < -0.4 is 20.3 Å². The number of hydrogen-bond donors (Lipinski definition) is 3. The highest BCUT2D eigenvalue weighted by atomic mass is 32.2. The lowest BCUT2D eigenvalue weighted by atomic mass is 9.85. The van der Waals surface area contributed by atoms with Crippen molar-refractivity contribution in [2.24, 2.45) is 5.41 Å². The monoisotopic (exact) mass is 1080 g/mol. The summed E-state index contributed by atoms with van der Waals surface area (Å²) < 4.78 is 32.0. The van der Waals surface area contributed by atoms with E-state index in [0.717, 1.165) is 77.7 Å². The Kier molecular flexibility index (Phi) is 17.9. The van der Waals surface area contributed by atoms with Gasteiger partial charge in [-0.25, -0.2) is 28.4 Å². The highest BCUT2D eigenvalue weighted by Gasteiger charge is 2.44. The maximum atomic E-state index is 14.2. The Morgan fingerprint density at radius 1 is 0.868 bits per heavy atom. The second-order valence-electron chi connectivity index (χ2n) is 21.4. The first kappa shape index (κ1) is 55.9. The molecule has 3 aliphatic rings. The van der Waals surface area contributed by atoms with Crippen molar-refractivity contribution in [3.05, 3.63) is 113 Å². The molecule has 3 aromatic carbocycles. The number of anilines is 1. The number of ether oxygens (including phenoxy) is 1. The third kappa shape index (κ3) is 13.4.